The summed E-state index contributed by atoms with van der Waals surface area (Å²) in [5.74, 6) is 0. The van der Waals surface area contributed by atoms with E-state index in [0.717, 1.165) is 12.8 Å². The third kappa shape index (κ3) is 2.34. The maximum Gasteiger partial charge on any atom is 0.0294 e. The number of hydrogen-bond donors (Lipinski definition) is 1. The van der Waals surface area contributed by atoms with Crippen LogP contribution in [0.15, 0.2) is 54.6 Å². The molecule has 1 heteroatoms. The third-order valence-electron chi connectivity index (χ3n) is 3.76. The highest BCUT2D eigenvalue weighted by Gasteiger charge is 2.06. The van der Waals surface area contributed by atoms with Crippen molar-refractivity contribution in [3.05, 3.63) is 60.2 Å². The summed E-state index contributed by atoms with van der Waals surface area (Å²) in [6.45, 7) is 2.18. The molecule has 3 rings (SSSR count). The van der Waals surface area contributed by atoms with E-state index in [-0.39, 0.29) is 6.04 Å². The van der Waals surface area contributed by atoms with Crippen molar-refractivity contribution < 1.29 is 0 Å². The van der Waals surface area contributed by atoms with Gasteiger partial charge in [-0.3, -0.25) is 0 Å². The third-order valence-corrected chi connectivity index (χ3v) is 3.76. The number of nitrogens with two attached hydrogens (primary N) is 1. The molecule has 0 spiro atoms. The normalized spacial score (nSPS) is 12.9. The lowest BCUT2D eigenvalue weighted by atomic mass is 9.97. The van der Waals surface area contributed by atoms with Crippen LogP contribution in [0.5, 0.6) is 0 Å². The van der Waals surface area contributed by atoms with E-state index in [4.69, 9.17) is 5.73 Å². The molecule has 0 radical (unpaired) electrons. The van der Waals surface area contributed by atoms with Crippen molar-refractivity contribution in [2.75, 3.05) is 0 Å². The molecule has 1 nitrogen and oxygen atoms in total. The standard InChI is InChI=1S/C18H19N/c1-2-5-18(19)16-9-8-15-10-13-6-3-4-7-14(13)11-17(15)12-16/h3-4,6-12,18H,2,5,19H2,1H3/t18-/m0/s1. The van der Waals surface area contributed by atoms with Gasteiger partial charge in [-0.25, -0.2) is 0 Å². The van der Waals surface area contributed by atoms with E-state index in [0.29, 0.717) is 0 Å². The summed E-state index contributed by atoms with van der Waals surface area (Å²) >= 11 is 0. The Morgan fingerprint density at radius 3 is 2.16 bits per heavy atom. The monoisotopic (exact) mass is 249 g/mol. The minimum atomic E-state index is 0.154. The minimum Gasteiger partial charge on any atom is -0.324 e. The molecule has 0 bridgehead atoms. The fourth-order valence-electron chi connectivity index (χ4n) is 2.67. The first-order chi connectivity index (χ1) is 9.28. The molecule has 0 saturated heterocycles. The Labute approximate surface area is 114 Å². The summed E-state index contributed by atoms with van der Waals surface area (Å²) in [5, 5.41) is 5.14. The van der Waals surface area contributed by atoms with E-state index in [1.807, 2.05) is 0 Å². The zero-order valence-electron chi connectivity index (χ0n) is 11.3. The fraction of sp³-hybridized carbons (Fsp3) is 0.222. The summed E-state index contributed by atoms with van der Waals surface area (Å²) in [6, 6.07) is 19.7. The van der Waals surface area contributed by atoms with Gasteiger partial charge in [-0.1, -0.05) is 49.7 Å². The van der Waals surface area contributed by atoms with Crippen molar-refractivity contribution in [1.29, 1.82) is 0 Å². The van der Waals surface area contributed by atoms with E-state index in [9.17, 15) is 0 Å². The summed E-state index contributed by atoms with van der Waals surface area (Å²) in [5.41, 5.74) is 7.45. The van der Waals surface area contributed by atoms with Crippen molar-refractivity contribution in [3.63, 3.8) is 0 Å². The van der Waals surface area contributed by atoms with Crippen molar-refractivity contribution in [2.24, 2.45) is 5.73 Å². The van der Waals surface area contributed by atoms with Crippen LogP contribution in [0, 0.1) is 0 Å². The molecule has 0 fully saturated rings. The van der Waals surface area contributed by atoms with Gasteiger partial charge >= 0.3 is 0 Å². The molecule has 0 aliphatic heterocycles. The fourth-order valence-corrected chi connectivity index (χ4v) is 2.67. The Balaban J connectivity index is 2.14. The van der Waals surface area contributed by atoms with Crippen LogP contribution >= 0.6 is 0 Å². The Morgan fingerprint density at radius 1 is 0.842 bits per heavy atom. The molecule has 3 aromatic rings. The SMILES string of the molecule is CCC[C@H](N)c1ccc2cc3ccccc3cc2c1. The van der Waals surface area contributed by atoms with Crippen molar-refractivity contribution >= 4 is 21.5 Å². The molecule has 0 saturated carbocycles. The van der Waals surface area contributed by atoms with E-state index in [1.165, 1.54) is 27.1 Å². The molecule has 96 valence electrons. The van der Waals surface area contributed by atoms with Gasteiger partial charge in [0, 0.05) is 6.04 Å². The van der Waals surface area contributed by atoms with Gasteiger partial charge in [0.05, 0.1) is 0 Å². The first-order valence-electron chi connectivity index (χ1n) is 6.96. The van der Waals surface area contributed by atoms with Gasteiger partial charge in [-0.05, 0) is 51.7 Å². The van der Waals surface area contributed by atoms with Crippen LogP contribution in [-0.4, -0.2) is 0 Å². The van der Waals surface area contributed by atoms with Crippen LogP contribution in [0.1, 0.15) is 31.4 Å². The molecular formula is C18H19N. The number of hydrogen-bond acceptors (Lipinski definition) is 1. The predicted molar refractivity (Wildman–Crippen MR) is 83.3 cm³/mol. The lowest BCUT2D eigenvalue weighted by molar-refractivity contribution is 0.639. The molecule has 0 amide bonds. The zero-order valence-corrected chi connectivity index (χ0v) is 11.3. The number of benzene rings is 3. The average Bonchev–Trinajstić information content (AvgIpc) is 2.44. The van der Waals surface area contributed by atoms with Crippen LogP contribution in [0.25, 0.3) is 21.5 Å². The maximum atomic E-state index is 6.21. The first kappa shape index (κ1) is 12.2. The Morgan fingerprint density at radius 2 is 1.47 bits per heavy atom. The van der Waals surface area contributed by atoms with Crippen molar-refractivity contribution in [3.8, 4) is 0 Å². The largest absolute Gasteiger partial charge is 0.324 e. The van der Waals surface area contributed by atoms with Crippen LogP contribution in [0.3, 0.4) is 0 Å². The Kier molecular flexibility index (Phi) is 3.22. The van der Waals surface area contributed by atoms with E-state index >= 15 is 0 Å². The van der Waals surface area contributed by atoms with Gasteiger partial charge in [0.15, 0.2) is 0 Å². The summed E-state index contributed by atoms with van der Waals surface area (Å²) in [6.07, 6.45) is 2.16. The minimum absolute atomic E-state index is 0.154. The van der Waals surface area contributed by atoms with Crippen molar-refractivity contribution in [2.45, 2.75) is 25.8 Å². The van der Waals surface area contributed by atoms with Gasteiger partial charge in [-0.15, -0.1) is 0 Å². The second-order valence-electron chi connectivity index (χ2n) is 5.20. The van der Waals surface area contributed by atoms with E-state index < -0.39 is 0 Å². The smallest absolute Gasteiger partial charge is 0.0294 e. The van der Waals surface area contributed by atoms with Crippen LogP contribution in [0.2, 0.25) is 0 Å². The number of rotatable bonds is 3. The second-order valence-corrected chi connectivity index (χ2v) is 5.20. The van der Waals surface area contributed by atoms with Gasteiger partial charge in [0.25, 0.3) is 0 Å². The van der Waals surface area contributed by atoms with Crippen LogP contribution in [0.4, 0.5) is 0 Å². The molecule has 0 aliphatic rings. The molecule has 3 aromatic carbocycles. The van der Waals surface area contributed by atoms with E-state index in [1.54, 1.807) is 0 Å². The maximum absolute atomic E-state index is 6.21. The molecular weight excluding hydrogens is 230 g/mol. The zero-order chi connectivity index (χ0) is 13.2. The van der Waals surface area contributed by atoms with Gasteiger partial charge in [0.2, 0.25) is 0 Å². The van der Waals surface area contributed by atoms with Gasteiger partial charge in [0.1, 0.15) is 0 Å². The van der Waals surface area contributed by atoms with E-state index in [2.05, 4.69) is 61.5 Å². The van der Waals surface area contributed by atoms with Gasteiger partial charge < -0.3 is 5.73 Å². The summed E-state index contributed by atoms with van der Waals surface area (Å²) in [4.78, 5) is 0. The van der Waals surface area contributed by atoms with Gasteiger partial charge in [-0.2, -0.15) is 0 Å². The molecule has 0 unspecified atom stereocenters. The molecule has 2 N–H and O–H groups in total. The Hall–Kier alpha value is -1.86. The first-order valence-corrected chi connectivity index (χ1v) is 6.96. The second kappa shape index (κ2) is 5.02. The highest BCUT2D eigenvalue weighted by atomic mass is 14.6. The molecule has 19 heavy (non-hydrogen) atoms. The van der Waals surface area contributed by atoms with Crippen molar-refractivity contribution in [1.82, 2.24) is 0 Å². The highest BCUT2D eigenvalue weighted by molar-refractivity contribution is 5.98. The lowest BCUT2D eigenvalue weighted by Crippen LogP contribution is -2.09. The lowest BCUT2D eigenvalue weighted by Gasteiger charge is -2.12. The summed E-state index contributed by atoms with van der Waals surface area (Å²) < 4.78 is 0. The quantitative estimate of drug-likeness (QED) is 0.663. The van der Waals surface area contributed by atoms with Crippen LogP contribution in [-0.2, 0) is 0 Å². The average molecular weight is 249 g/mol. The highest BCUT2D eigenvalue weighted by Crippen LogP contribution is 2.26. The topological polar surface area (TPSA) is 26.0 Å². The number of fused-ring (bicyclic) bond motifs is 2. The predicted octanol–water partition coefficient (Wildman–Crippen LogP) is 4.79. The summed E-state index contributed by atoms with van der Waals surface area (Å²) in [7, 11) is 0. The molecule has 1 atom stereocenters. The molecule has 0 heterocycles. The van der Waals surface area contributed by atoms with Crippen LogP contribution < -0.4 is 5.73 Å². The molecule has 0 aliphatic carbocycles. The Bertz CT molecular complexity index is 715. The molecule has 0 aromatic heterocycles.